The molecule has 0 unspecified atom stereocenters. The van der Waals surface area contributed by atoms with Crippen LogP contribution < -0.4 is 5.32 Å². The van der Waals surface area contributed by atoms with Crippen molar-refractivity contribution in [2.75, 3.05) is 5.32 Å². The van der Waals surface area contributed by atoms with Crippen LogP contribution in [0.1, 0.15) is 16.3 Å². The van der Waals surface area contributed by atoms with Gasteiger partial charge in [0.25, 0.3) is 5.91 Å². The van der Waals surface area contributed by atoms with Gasteiger partial charge in [-0.3, -0.25) is 15.2 Å². The number of aromatic nitrogens is 4. The van der Waals surface area contributed by atoms with Crippen LogP contribution in [0.2, 0.25) is 0 Å². The van der Waals surface area contributed by atoms with Gasteiger partial charge in [-0.25, -0.2) is 0 Å². The quantitative estimate of drug-likeness (QED) is 0.639. The third-order valence-electron chi connectivity index (χ3n) is 2.60. The van der Waals surface area contributed by atoms with Gasteiger partial charge in [0.2, 0.25) is 5.95 Å². The Hall–Kier alpha value is -2.63. The molecule has 0 aliphatic rings. The van der Waals surface area contributed by atoms with Crippen molar-refractivity contribution in [2.24, 2.45) is 0 Å². The number of aromatic amines is 2. The van der Waals surface area contributed by atoms with Gasteiger partial charge >= 0.3 is 0 Å². The van der Waals surface area contributed by atoms with E-state index in [2.05, 4.69) is 25.5 Å². The molecular formula is C12H11N5O. The molecule has 1 amide bonds. The van der Waals surface area contributed by atoms with E-state index in [1.54, 1.807) is 13.0 Å². The van der Waals surface area contributed by atoms with Crippen LogP contribution in [0.4, 0.5) is 5.95 Å². The Morgan fingerprint density at radius 1 is 1.33 bits per heavy atom. The molecule has 3 aromatic rings. The van der Waals surface area contributed by atoms with E-state index in [4.69, 9.17) is 0 Å². The molecule has 18 heavy (non-hydrogen) atoms. The summed E-state index contributed by atoms with van der Waals surface area (Å²) in [5.41, 5.74) is 1.41. The fraction of sp³-hybridized carbons (Fsp3) is 0.0833. The first kappa shape index (κ1) is 10.5. The van der Waals surface area contributed by atoms with Gasteiger partial charge in [0, 0.05) is 10.9 Å². The Balaban J connectivity index is 1.87. The normalized spacial score (nSPS) is 10.7. The largest absolute Gasteiger partial charge is 0.351 e. The highest BCUT2D eigenvalue weighted by atomic mass is 16.2. The Labute approximate surface area is 102 Å². The van der Waals surface area contributed by atoms with Gasteiger partial charge in [-0.2, -0.15) is 4.98 Å². The second-order valence-electron chi connectivity index (χ2n) is 3.97. The van der Waals surface area contributed by atoms with Gasteiger partial charge in [0.1, 0.15) is 11.5 Å². The van der Waals surface area contributed by atoms with E-state index in [9.17, 15) is 4.79 Å². The minimum atomic E-state index is -0.259. The van der Waals surface area contributed by atoms with Crippen molar-refractivity contribution >= 4 is 22.8 Å². The Morgan fingerprint density at radius 3 is 2.89 bits per heavy atom. The van der Waals surface area contributed by atoms with Crippen LogP contribution >= 0.6 is 0 Å². The maximum atomic E-state index is 12.0. The average molecular weight is 241 g/mol. The van der Waals surface area contributed by atoms with E-state index in [0.29, 0.717) is 11.5 Å². The summed E-state index contributed by atoms with van der Waals surface area (Å²) >= 11 is 0. The molecule has 0 fully saturated rings. The van der Waals surface area contributed by atoms with E-state index in [-0.39, 0.29) is 11.9 Å². The summed E-state index contributed by atoms with van der Waals surface area (Å²) in [5.74, 6) is 0.670. The van der Waals surface area contributed by atoms with Crippen molar-refractivity contribution in [2.45, 2.75) is 6.92 Å². The number of hydrogen-bond acceptors (Lipinski definition) is 3. The van der Waals surface area contributed by atoms with Crippen molar-refractivity contribution in [3.8, 4) is 0 Å². The minimum Gasteiger partial charge on any atom is -0.351 e. The molecule has 0 saturated carbocycles. The molecule has 2 heterocycles. The molecule has 6 heteroatoms. The molecule has 6 nitrogen and oxygen atoms in total. The molecule has 0 spiro atoms. The number of para-hydroxylation sites is 1. The van der Waals surface area contributed by atoms with Gasteiger partial charge < -0.3 is 4.98 Å². The summed E-state index contributed by atoms with van der Waals surface area (Å²) in [6.45, 7) is 1.77. The Morgan fingerprint density at radius 2 is 2.17 bits per heavy atom. The lowest BCUT2D eigenvalue weighted by Crippen LogP contribution is -2.13. The van der Waals surface area contributed by atoms with E-state index in [1.165, 1.54) is 0 Å². The van der Waals surface area contributed by atoms with Crippen molar-refractivity contribution in [3.63, 3.8) is 0 Å². The van der Waals surface area contributed by atoms with Gasteiger partial charge in [0.05, 0.1) is 0 Å². The van der Waals surface area contributed by atoms with Gasteiger partial charge in [-0.05, 0) is 19.1 Å². The predicted octanol–water partition coefficient (Wildman–Crippen LogP) is 1.85. The minimum absolute atomic E-state index is 0.259. The number of hydrogen-bond donors (Lipinski definition) is 3. The number of amides is 1. The zero-order valence-electron chi connectivity index (χ0n) is 9.69. The number of carbonyl (C=O) groups excluding carboxylic acids is 1. The lowest BCUT2D eigenvalue weighted by molar-refractivity contribution is 0.102. The van der Waals surface area contributed by atoms with Crippen molar-refractivity contribution in [1.29, 1.82) is 0 Å². The van der Waals surface area contributed by atoms with Gasteiger partial charge in [0.15, 0.2) is 0 Å². The highest BCUT2D eigenvalue weighted by Gasteiger charge is 2.11. The Kier molecular flexibility index (Phi) is 2.33. The SMILES string of the molecule is Cc1nc(NC(=O)c2cc3ccccc3[nH]2)n[nH]1. The van der Waals surface area contributed by atoms with Crippen molar-refractivity contribution in [1.82, 2.24) is 20.2 Å². The van der Waals surface area contributed by atoms with E-state index >= 15 is 0 Å². The highest BCUT2D eigenvalue weighted by Crippen LogP contribution is 2.15. The molecule has 0 radical (unpaired) electrons. The topological polar surface area (TPSA) is 86.5 Å². The highest BCUT2D eigenvalue weighted by molar-refractivity contribution is 6.05. The number of fused-ring (bicyclic) bond motifs is 1. The molecule has 0 atom stereocenters. The molecule has 90 valence electrons. The first-order valence-corrected chi connectivity index (χ1v) is 5.50. The van der Waals surface area contributed by atoms with Crippen LogP contribution in [0.25, 0.3) is 10.9 Å². The molecule has 0 aliphatic carbocycles. The number of H-pyrrole nitrogens is 2. The van der Waals surface area contributed by atoms with Crippen molar-refractivity contribution < 1.29 is 4.79 Å². The number of nitrogens with zero attached hydrogens (tertiary/aromatic N) is 2. The lowest BCUT2D eigenvalue weighted by Gasteiger charge is -1.96. The Bertz CT molecular complexity index is 679. The second-order valence-corrected chi connectivity index (χ2v) is 3.97. The summed E-state index contributed by atoms with van der Waals surface area (Å²) < 4.78 is 0. The van der Waals surface area contributed by atoms with Gasteiger partial charge in [-0.15, -0.1) is 5.10 Å². The smallest absolute Gasteiger partial charge is 0.274 e. The maximum absolute atomic E-state index is 12.0. The molecule has 0 saturated heterocycles. The molecule has 3 N–H and O–H groups in total. The van der Waals surface area contributed by atoms with Crippen LogP contribution in [0, 0.1) is 6.92 Å². The number of benzene rings is 1. The number of anilines is 1. The molecular weight excluding hydrogens is 230 g/mol. The monoisotopic (exact) mass is 241 g/mol. The number of nitrogens with one attached hydrogen (secondary N) is 3. The fourth-order valence-corrected chi connectivity index (χ4v) is 1.76. The standard InChI is InChI=1S/C12H11N5O/c1-7-13-12(17-16-7)15-11(18)10-6-8-4-2-3-5-9(8)14-10/h2-6,14H,1H3,(H2,13,15,16,17,18). The van der Waals surface area contributed by atoms with Gasteiger partial charge in [-0.1, -0.05) is 18.2 Å². The third kappa shape index (κ3) is 1.84. The average Bonchev–Trinajstić information content (AvgIpc) is 2.95. The van der Waals surface area contributed by atoms with E-state index < -0.39 is 0 Å². The summed E-state index contributed by atoms with van der Waals surface area (Å²) in [6, 6.07) is 9.50. The first-order chi connectivity index (χ1) is 8.72. The van der Waals surface area contributed by atoms with E-state index in [0.717, 1.165) is 10.9 Å². The van der Waals surface area contributed by atoms with Crippen LogP contribution in [0.5, 0.6) is 0 Å². The maximum Gasteiger partial charge on any atom is 0.274 e. The van der Waals surface area contributed by atoms with Crippen LogP contribution in [0.3, 0.4) is 0 Å². The molecule has 2 aromatic heterocycles. The zero-order chi connectivity index (χ0) is 12.5. The molecule has 1 aromatic carbocycles. The van der Waals surface area contributed by atoms with Crippen LogP contribution in [-0.2, 0) is 0 Å². The molecule has 0 aliphatic heterocycles. The van der Waals surface area contributed by atoms with Crippen molar-refractivity contribution in [3.05, 3.63) is 41.9 Å². The lowest BCUT2D eigenvalue weighted by atomic mass is 10.2. The third-order valence-corrected chi connectivity index (χ3v) is 2.60. The molecule has 0 bridgehead atoms. The zero-order valence-corrected chi connectivity index (χ0v) is 9.69. The fourth-order valence-electron chi connectivity index (χ4n) is 1.76. The summed E-state index contributed by atoms with van der Waals surface area (Å²) in [4.78, 5) is 19.0. The van der Waals surface area contributed by atoms with E-state index in [1.807, 2.05) is 24.3 Å². The number of rotatable bonds is 2. The predicted molar refractivity (Wildman–Crippen MR) is 67.4 cm³/mol. The van der Waals surface area contributed by atoms with Crippen LogP contribution in [-0.4, -0.2) is 26.1 Å². The van der Waals surface area contributed by atoms with Crippen LogP contribution in [0.15, 0.2) is 30.3 Å². The number of carbonyl (C=O) groups is 1. The summed E-state index contributed by atoms with van der Waals surface area (Å²) in [6.07, 6.45) is 0. The molecule has 3 rings (SSSR count). The first-order valence-electron chi connectivity index (χ1n) is 5.50. The summed E-state index contributed by atoms with van der Waals surface area (Å²) in [7, 11) is 0. The summed E-state index contributed by atoms with van der Waals surface area (Å²) in [5, 5.41) is 10.1. The second kappa shape index (κ2) is 3.99. The number of aryl methyl sites for hydroxylation is 1.